The molecule has 30 heteroatoms. The van der Waals surface area contributed by atoms with Crippen LogP contribution in [0, 0.1) is 24.7 Å². The number of rotatable bonds is 46. The molecular formula is C84H111N11O18S. The molecular weight excluding hydrogens is 1480 g/mol. The van der Waals surface area contributed by atoms with Crippen molar-refractivity contribution in [3.63, 3.8) is 0 Å². The lowest BCUT2D eigenvalue weighted by atomic mass is 9.71. The van der Waals surface area contributed by atoms with E-state index in [9.17, 15) is 34.2 Å². The number of Topliss-reactive ketones (excluding diaryl/α,β-unsaturated/α-hetero) is 2. The second-order valence-corrected chi connectivity index (χ2v) is 30.4. The van der Waals surface area contributed by atoms with Crippen molar-refractivity contribution >= 4 is 63.7 Å². The van der Waals surface area contributed by atoms with E-state index >= 15 is 0 Å². The summed E-state index contributed by atoms with van der Waals surface area (Å²) in [6.07, 6.45) is 5.92. The van der Waals surface area contributed by atoms with Gasteiger partial charge in [-0.25, -0.2) is 14.2 Å². The molecule has 0 unspecified atom stereocenters. The highest BCUT2D eigenvalue weighted by Crippen LogP contribution is 2.53. The Bertz CT molecular complexity index is 4390. The average Bonchev–Trinajstić information content (AvgIpc) is 1.37. The number of aryl methyl sites for hydroxylation is 2. The number of ether oxygens (including phenoxy) is 11. The Morgan fingerprint density at radius 2 is 0.868 bits per heavy atom. The van der Waals surface area contributed by atoms with E-state index in [4.69, 9.17) is 86.6 Å². The number of phenols is 2. The van der Waals surface area contributed by atoms with Crippen LogP contribution in [0.4, 0.5) is 17.1 Å². The summed E-state index contributed by atoms with van der Waals surface area (Å²) >= 11 is 5.52. The minimum atomic E-state index is -1.21. The van der Waals surface area contributed by atoms with Crippen molar-refractivity contribution in [2.45, 2.75) is 105 Å². The Kier molecular flexibility index (Phi) is 32.4. The number of esters is 1. The van der Waals surface area contributed by atoms with Crippen LogP contribution in [0.15, 0.2) is 91.0 Å². The minimum Gasteiger partial charge on any atom is -0.508 e. The SMILES string of the molecule is Cc1nn(-c2ccc(C(N)=O)c(NCCCOCCOCCOCCOCCOCCCN)c2)c2c1C(=O)CC(C)(C)C2.Cc1nn(-c2ccc(C(N)=O)c(NCCCOCCOCCOCCOCCOCCCNC(=S)Nc3ccc4c(c3)C(=O)OC43c4ccc(O)cc4Cc4cc(O)ccc43)c2)c2c1C(=O)CC(C)(C)C2. The molecule has 12 N–H and O–H groups in total. The largest absolute Gasteiger partial charge is 0.508 e. The Morgan fingerprint density at radius 1 is 0.491 bits per heavy atom. The number of anilines is 3. The number of hydrogen-bond donors (Lipinski definition) is 9. The number of ketones is 2. The van der Waals surface area contributed by atoms with Gasteiger partial charge in [0, 0.05) is 92.7 Å². The maximum Gasteiger partial charge on any atom is 0.340 e. The third-order valence-electron chi connectivity index (χ3n) is 19.7. The summed E-state index contributed by atoms with van der Waals surface area (Å²) in [5.74, 6) is -1.07. The lowest BCUT2D eigenvalue weighted by Gasteiger charge is -2.37. The standard InChI is InChI=1S/C53H62N6O11S.C31H49N5O7/c1-33-48-46(31-52(2,3)32-47(48)62)59(58-33)37-7-10-40(49(54)63)45(30-37)55-14-4-16-65-18-20-67-22-24-69-25-23-68-21-19-66-17-5-15-56-51(71)57-36-6-11-44-41(29-36)50(64)70-53(44)42-12-8-38(60)27-34(42)26-35-28-39(61)9-13-43(35)53;1-23-29-27(21-31(2,3)22-28(29)37)36(35-23)24-6-7-25(30(33)38)26(20-24)34-9-5-11-40-13-15-42-17-19-43-18-16-41-14-12-39-10-4-8-32/h6-13,27-30,55,60-61H,4-5,14-26,31-32H2,1-3H3,(H2,54,63)(H2,56,57,71);6-7,20,34H,4-5,8-19,21-22,32H2,1-3H3,(H2,33,38). The fraction of sp³-hybridized carbons (Fsp3) is 0.500. The van der Waals surface area contributed by atoms with E-state index < -0.39 is 23.4 Å². The van der Waals surface area contributed by atoms with Crippen molar-refractivity contribution in [2.75, 3.05) is 174 Å². The number of amides is 2. The van der Waals surface area contributed by atoms with E-state index in [2.05, 4.69) is 54.1 Å². The molecule has 1 aliphatic heterocycles. The topological polar surface area (TPSA) is 389 Å². The number of fused-ring (bicyclic) bond motifs is 8. The molecule has 1 spiro atoms. The van der Waals surface area contributed by atoms with Crippen LogP contribution in [0.1, 0.15) is 169 Å². The van der Waals surface area contributed by atoms with Gasteiger partial charge < -0.3 is 101 Å². The summed E-state index contributed by atoms with van der Waals surface area (Å²) in [7, 11) is 0. The zero-order chi connectivity index (χ0) is 81.2. The molecule has 3 heterocycles. The number of phenolic OH excluding ortho intramolecular Hbond substituents is 2. The number of benzene rings is 5. The van der Waals surface area contributed by atoms with Crippen LogP contribution < -0.4 is 38.5 Å². The van der Waals surface area contributed by atoms with E-state index in [1.54, 1.807) is 60.7 Å². The second-order valence-electron chi connectivity index (χ2n) is 30.0. The van der Waals surface area contributed by atoms with Crippen LogP contribution in [-0.2, 0) is 77.0 Å². The number of aromatic hydroxyl groups is 2. The first kappa shape index (κ1) is 87.1. The molecule has 0 atom stereocenters. The molecule has 2 aromatic heterocycles. The quantitative estimate of drug-likeness (QED) is 0.00975. The predicted molar refractivity (Wildman–Crippen MR) is 434 cm³/mol. The zero-order valence-corrected chi connectivity index (χ0v) is 67.2. The second kappa shape index (κ2) is 42.4. The Labute approximate surface area is 671 Å². The van der Waals surface area contributed by atoms with Crippen molar-refractivity contribution in [3.05, 3.63) is 169 Å². The first-order valence-corrected chi connectivity index (χ1v) is 39.5. The number of hydrogen-bond acceptors (Lipinski definition) is 24. The van der Waals surface area contributed by atoms with Crippen molar-refractivity contribution in [1.29, 1.82) is 0 Å². The smallest absolute Gasteiger partial charge is 0.340 e. The number of carbonyl (C=O) groups is 5. The van der Waals surface area contributed by atoms with Gasteiger partial charge in [-0.05, 0) is 172 Å². The number of nitrogens with one attached hydrogen (secondary N) is 4. The Balaban J connectivity index is 0.000000274. The predicted octanol–water partition coefficient (Wildman–Crippen LogP) is 9.14. The monoisotopic (exact) mass is 1590 g/mol. The average molecular weight is 1590 g/mol. The lowest BCUT2D eigenvalue weighted by molar-refractivity contribution is -0.0110. The summed E-state index contributed by atoms with van der Waals surface area (Å²) in [5, 5.41) is 43.2. The van der Waals surface area contributed by atoms with Crippen molar-refractivity contribution in [3.8, 4) is 22.9 Å². The van der Waals surface area contributed by atoms with Gasteiger partial charge in [0.2, 0.25) is 0 Å². The van der Waals surface area contributed by atoms with Gasteiger partial charge in [0.25, 0.3) is 11.8 Å². The number of thiocarbonyl (C=S) groups is 1. The molecule has 0 saturated carbocycles. The Morgan fingerprint density at radius 3 is 1.26 bits per heavy atom. The van der Waals surface area contributed by atoms with Crippen molar-refractivity contribution in [2.24, 2.45) is 28.0 Å². The van der Waals surface area contributed by atoms with Crippen LogP contribution in [0.25, 0.3) is 11.4 Å². The van der Waals surface area contributed by atoms with E-state index in [-0.39, 0.29) is 33.9 Å². The zero-order valence-electron chi connectivity index (χ0n) is 66.4. The third kappa shape index (κ3) is 23.7. The maximum atomic E-state index is 13.5. The summed E-state index contributed by atoms with van der Waals surface area (Å²) < 4.78 is 65.6. The normalized spacial score (nSPS) is 14.6. The van der Waals surface area contributed by atoms with E-state index in [1.807, 2.05) is 53.5 Å². The third-order valence-corrected chi connectivity index (χ3v) is 19.9. The van der Waals surface area contributed by atoms with Gasteiger partial charge >= 0.3 is 5.97 Å². The highest BCUT2D eigenvalue weighted by molar-refractivity contribution is 7.80. The number of aromatic nitrogens is 4. The van der Waals surface area contributed by atoms with Crippen LogP contribution in [-0.4, -0.2) is 223 Å². The molecule has 0 radical (unpaired) electrons. The van der Waals surface area contributed by atoms with E-state index in [1.165, 1.54) is 0 Å². The van der Waals surface area contributed by atoms with E-state index in [0.29, 0.717) is 252 Å². The van der Waals surface area contributed by atoms with Crippen molar-refractivity contribution < 1.29 is 86.3 Å². The fourth-order valence-electron chi connectivity index (χ4n) is 14.5. The number of carbonyl (C=O) groups excluding carboxylic acids is 5. The number of nitrogens with zero attached hydrogens (tertiary/aromatic N) is 4. The van der Waals surface area contributed by atoms with Crippen LogP contribution in [0.5, 0.6) is 11.5 Å². The van der Waals surface area contributed by atoms with Gasteiger partial charge in [-0.1, -0.05) is 45.9 Å². The molecule has 0 bridgehead atoms. The first-order valence-electron chi connectivity index (χ1n) is 39.1. The van der Waals surface area contributed by atoms with Crippen LogP contribution >= 0.6 is 12.2 Å². The summed E-state index contributed by atoms with van der Waals surface area (Å²) in [5.41, 5.74) is 28.2. The molecule has 5 aromatic carbocycles. The van der Waals surface area contributed by atoms with Gasteiger partial charge in [-0.2, -0.15) is 10.2 Å². The molecule has 0 saturated heterocycles. The molecule has 3 aliphatic carbocycles. The number of primary amides is 2. The van der Waals surface area contributed by atoms with E-state index in [0.717, 1.165) is 76.4 Å². The molecule has 7 aromatic rings. The summed E-state index contributed by atoms with van der Waals surface area (Å²) in [4.78, 5) is 63.5. The van der Waals surface area contributed by atoms with Gasteiger partial charge in [-0.3, -0.25) is 19.2 Å². The Hall–Kier alpha value is -9.28. The lowest BCUT2D eigenvalue weighted by Crippen LogP contribution is -2.35. The molecule has 0 fully saturated rings. The maximum absolute atomic E-state index is 13.5. The number of nitrogens with two attached hydrogens (primary N) is 3. The molecule has 616 valence electrons. The minimum absolute atomic E-state index is 0.109. The highest BCUT2D eigenvalue weighted by Gasteiger charge is 2.52. The van der Waals surface area contributed by atoms with Crippen LogP contribution in [0.3, 0.4) is 0 Å². The molecule has 4 aliphatic rings. The van der Waals surface area contributed by atoms with Gasteiger partial charge in [0.1, 0.15) is 11.5 Å². The molecule has 11 rings (SSSR count). The van der Waals surface area contributed by atoms with Gasteiger partial charge in [0.15, 0.2) is 22.3 Å². The van der Waals surface area contributed by atoms with Crippen molar-refractivity contribution in [1.82, 2.24) is 24.9 Å². The molecule has 2 amide bonds. The first-order chi connectivity index (χ1) is 55.0. The van der Waals surface area contributed by atoms with Gasteiger partial charge in [-0.15, -0.1) is 0 Å². The fourth-order valence-corrected chi connectivity index (χ4v) is 14.7. The molecule has 114 heavy (non-hydrogen) atoms. The summed E-state index contributed by atoms with van der Waals surface area (Å²) in [6.45, 7) is 24.3. The van der Waals surface area contributed by atoms with Gasteiger partial charge in [0.05, 0.1) is 168 Å². The van der Waals surface area contributed by atoms with Crippen LogP contribution in [0.2, 0.25) is 0 Å². The summed E-state index contributed by atoms with van der Waals surface area (Å²) in [6, 6.07) is 26.3. The molecule has 29 nitrogen and oxygen atoms in total. The highest BCUT2D eigenvalue weighted by atomic mass is 32.1.